The van der Waals surface area contributed by atoms with Gasteiger partial charge in [0.2, 0.25) is 0 Å². The van der Waals surface area contributed by atoms with Crippen LogP contribution in [0, 0.1) is 6.92 Å². The highest BCUT2D eigenvalue weighted by Crippen LogP contribution is 2.37. The number of nitrogens with one attached hydrogen (secondary N) is 2. The van der Waals surface area contributed by atoms with E-state index in [-0.39, 0.29) is 18.0 Å². The van der Waals surface area contributed by atoms with Crippen molar-refractivity contribution in [3.8, 4) is 0 Å². The molecule has 1 amide bonds. The number of furan rings is 1. The molecule has 0 unspecified atom stereocenters. The maximum Gasteiger partial charge on any atom is 0.253 e. The highest BCUT2D eigenvalue weighted by Gasteiger charge is 2.28. The largest absolute Gasteiger partial charge is 0.460 e. The molecule has 0 bridgehead atoms. The van der Waals surface area contributed by atoms with Crippen LogP contribution in [0.5, 0.6) is 0 Å². The number of aryl methyl sites for hydroxylation is 2. The number of aromatic nitrogens is 1. The van der Waals surface area contributed by atoms with Crippen molar-refractivity contribution in [1.82, 2.24) is 15.2 Å². The number of likely N-dealkylation sites (tertiary alicyclic amines) is 1. The van der Waals surface area contributed by atoms with Gasteiger partial charge in [0.05, 0.1) is 12.1 Å². The van der Waals surface area contributed by atoms with Crippen molar-refractivity contribution in [3.05, 3.63) is 62.3 Å². The number of nitrogens with zero attached hydrogens (tertiary/aromatic N) is 2. The number of benzene rings is 1. The number of ether oxygens (including phenoxy) is 1. The van der Waals surface area contributed by atoms with Gasteiger partial charge in [-0.25, -0.2) is 0 Å². The lowest BCUT2D eigenvalue weighted by Crippen LogP contribution is -2.40. The Morgan fingerprint density at radius 3 is 2.49 bits per heavy atom. The van der Waals surface area contributed by atoms with E-state index in [0.717, 1.165) is 97.9 Å². The number of hydrogen-bond acceptors (Lipinski definition) is 6. The lowest BCUT2D eigenvalue weighted by Gasteiger charge is -2.37. The third-order valence-electron chi connectivity index (χ3n) is 8.82. The molecule has 4 heterocycles. The fraction of sp³-hybridized carbons (Fsp3) is 0.576. The molecule has 2 aliphatic rings. The Kier molecular flexibility index (Phi) is 9.50. The van der Waals surface area contributed by atoms with Crippen LogP contribution in [0.4, 0.5) is 5.69 Å². The lowest BCUT2D eigenvalue weighted by molar-refractivity contribution is 0.0845. The molecule has 8 nitrogen and oxygen atoms in total. The molecule has 3 aromatic rings. The van der Waals surface area contributed by atoms with Gasteiger partial charge in [-0.15, -0.1) is 0 Å². The van der Waals surface area contributed by atoms with Gasteiger partial charge in [0.25, 0.3) is 11.5 Å². The Hall–Kier alpha value is -3.10. The van der Waals surface area contributed by atoms with E-state index in [1.165, 1.54) is 19.3 Å². The zero-order chi connectivity index (χ0) is 28.9. The van der Waals surface area contributed by atoms with Crippen molar-refractivity contribution in [1.29, 1.82) is 0 Å². The van der Waals surface area contributed by atoms with Crippen molar-refractivity contribution >= 4 is 22.6 Å². The Balaban J connectivity index is 1.56. The van der Waals surface area contributed by atoms with E-state index in [4.69, 9.17) is 9.15 Å². The lowest BCUT2D eigenvalue weighted by atomic mass is 9.95. The van der Waals surface area contributed by atoms with Crippen LogP contribution in [0.2, 0.25) is 0 Å². The fourth-order valence-corrected chi connectivity index (χ4v) is 6.72. The molecule has 0 spiro atoms. The van der Waals surface area contributed by atoms with Crippen molar-refractivity contribution in [2.45, 2.75) is 91.8 Å². The molecular weight excluding hydrogens is 516 g/mol. The Bertz CT molecular complexity index is 1410. The normalized spacial score (nSPS) is 16.8. The molecule has 222 valence electrons. The van der Waals surface area contributed by atoms with E-state index in [0.29, 0.717) is 23.6 Å². The molecule has 1 aromatic carbocycles. The summed E-state index contributed by atoms with van der Waals surface area (Å²) in [7, 11) is 0. The monoisotopic (exact) mass is 562 g/mol. The van der Waals surface area contributed by atoms with Crippen LogP contribution in [0.3, 0.4) is 0 Å². The molecule has 2 saturated heterocycles. The molecular formula is C33H46N4O4. The van der Waals surface area contributed by atoms with E-state index >= 15 is 0 Å². The summed E-state index contributed by atoms with van der Waals surface area (Å²) in [5.41, 5.74) is 5.79. The molecule has 2 N–H and O–H groups in total. The quantitative estimate of drug-likeness (QED) is 0.340. The molecule has 5 rings (SSSR count). The summed E-state index contributed by atoms with van der Waals surface area (Å²) >= 11 is 0. The Morgan fingerprint density at radius 1 is 1.05 bits per heavy atom. The number of rotatable bonds is 10. The number of aromatic amines is 1. The van der Waals surface area contributed by atoms with Crippen LogP contribution < -0.4 is 15.8 Å². The third-order valence-corrected chi connectivity index (χ3v) is 8.82. The van der Waals surface area contributed by atoms with Gasteiger partial charge in [0.1, 0.15) is 11.3 Å². The number of amides is 1. The molecule has 0 aliphatic carbocycles. The number of H-pyrrole nitrogens is 1. The van der Waals surface area contributed by atoms with Gasteiger partial charge in [-0.05, 0) is 88.7 Å². The van der Waals surface area contributed by atoms with Crippen LogP contribution in [-0.4, -0.2) is 54.7 Å². The minimum Gasteiger partial charge on any atom is -0.460 e. The highest BCUT2D eigenvalue weighted by molar-refractivity contribution is 6.09. The SMILES string of the molecule is CCc1cc(C)[nH]c(=O)c1CNC(=O)c1c(CC)c(N(CC)C2CCOCC2)cc2oc(CN3CCCCC3)cc12. The third kappa shape index (κ3) is 6.38. The van der Waals surface area contributed by atoms with Gasteiger partial charge in [0.15, 0.2) is 0 Å². The summed E-state index contributed by atoms with van der Waals surface area (Å²) in [6.07, 6.45) is 7.08. The van der Waals surface area contributed by atoms with Crippen molar-refractivity contribution in [2.24, 2.45) is 0 Å². The topological polar surface area (TPSA) is 90.8 Å². The minimum absolute atomic E-state index is 0.138. The van der Waals surface area contributed by atoms with Crippen molar-refractivity contribution < 1.29 is 13.9 Å². The molecule has 0 radical (unpaired) electrons. The number of piperidine rings is 1. The van der Waals surface area contributed by atoms with Crippen LogP contribution in [0.1, 0.15) is 91.4 Å². The summed E-state index contributed by atoms with van der Waals surface area (Å²) in [4.78, 5) is 34.7. The van der Waals surface area contributed by atoms with E-state index in [9.17, 15) is 9.59 Å². The average molecular weight is 563 g/mol. The first-order valence-corrected chi connectivity index (χ1v) is 15.6. The van der Waals surface area contributed by atoms with Gasteiger partial charge in [-0.1, -0.05) is 20.3 Å². The average Bonchev–Trinajstić information content (AvgIpc) is 3.38. The van der Waals surface area contributed by atoms with Crippen LogP contribution in [0.25, 0.3) is 11.0 Å². The van der Waals surface area contributed by atoms with Crippen molar-refractivity contribution in [3.63, 3.8) is 0 Å². The first kappa shape index (κ1) is 29.4. The van der Waals surface area contributed by atoms with Gasteiger partial charge in [-0.3, -0.25) is 14.5 Å². The zero-order valence-corrected chi connectivity index (χ0v) is 25.2. The van der Waals surface area contributed by atoms with Crippen LogP contribution >= 0.6 is 0 Å². The Morgan fingerprint density at radius 2 is 1.80 bits per heavy atom. The maximum absolute atomic E-state index is 14.1. The summed E-state index contributed by atoms with van der Waals surface area (Å²) in [6.45, 7) is 13.7. The standard InChI is InChI=1S/C33H46N4O4/c1-5-23-17-22(4)35-32(38)28(23)20-34-33(39)31-26(6-2)29(37(7-3)24-11-15-40-16-12-24)19-30-27(31)18-25(41-30)21-36-13-9-8-10-14-36/h17-19,24H,5-16,20-21H2,1-4H3,(H,34,39)(H,35,38). The summed E-state index contributed by atoms with van der Waals surface area (Å²) < 4.78 is 12.1. The van der Waals surface area contributed by atoms with E-state index in [1.54, 1.807) is 0 Å². The second kappa shape index (κ2) is 13.3. The molecule has 2 aliphatic heterocycles. The summed E-state index contributed by atoms with van der Waals surface area (Å²) in [5, 5.41) is 3.98. The number of pyridine rings is 1. The van der Waals surface area contributed by atoms with Gasteiger partial charge < -0.3 is 24.4 Å². The second-order valence-electron chi connectivity index (χ2n) is 11.5. The number of carbonyl (C=O) groups is 1. The first-order valence-electron chi connectivity index (χ1n) is 15.6. The van der Waals surface area contributed by atoms with E-state index in [2.05, 4.69) is 46.1 Å². The molecule has 2 aromatic heterocycles. The number of fused-ring (bicyclic) bond motifs is 1. The second-order valence-corrected chi connectivity index (χ2v) is 11.5. The summed E-state index contributed by atoms with van der Waals surface area (Å²) in [5.74, 6) is 0.733. The number of carbonyl (C=O) groups excluding carboxylic acids is 1. The minimum atomic E-state index is -0.163. The van der Waals surface area contributed by atoms with E-state index < -0.39 is 0 Å². The number of anilines is 1. The van der Waals surface area contributed by atoms with Crippen LogP contribution in [0.15, 0.2) is 27.4 Å². The molecule has 41 heavy (non-hydrogen) atoms. The molecule has 0 atom stereocenters. The predicted molar refractivity (Wildman–Crippen MR) is 164 cm³/mol. The van der Waals surface area contributed by atoms with Crippen LogP contribution in [-0.2, 0) is 30.7 Å². The maximum atomic E-state index is 14.1. The van der Waals surface area contributed by atoms with E-state index in [1.807, 2.05) is 19.9 Å². The summed E-state index contributed by atoms with van der Waals surface area (Å²) in [6, 6.07) is 6.58. The smallest absolute Gasteiger partial charge is 0.253 e. The van der Waals surface area contributed by atoms with Gasteiger partial charge >= 0.3 is 0 Å². The first-order chi connectivity index (χ1) is 19.9. The predicted octanol–water partition coefficient (Wildman–Crippen LogP) is 5.48. The molecule has 0 saturated carbocycles. The number of hydrogen-bond donors (Lipinski definition) is 2. The Labute approximate surface area is 243 Å². The van der Waals surface area contributed by atoms with Crippen molar-refractivity contribution in [2.75, 3.05) is 37.7 Å². The highest BCUT2D eigenvalue weighted by atomic mass is 16.5. The zero-order valence-electron chi connectivity index (χ0n) is 25.2. The molecule has 8 heteroatoms. The molecule has 2 fully saturated rings. The van der Waals surface area contributed by atoms with Gasteiger partial charge in [-0.2, -0.15) is 0 Å². The van der Waals surface area contributed by atoms with Gasteiger partial charge in [0, 0.05) is 60.7 Å². The fourth-order valence-electron chi connectivity index (χ4n) is 6.72.